The van der Waals surface area contributed by atoms with Gasteiger partial charge in [0.1, 0.15) is 5.78 Å². The SMILES string of the molecule is CC1CCC(CN)(C(=O)Cc2cccc(Cl)c2)CC1. The highest BCUT2D eigenvalue weighted by Crippen LogP contribution is 2.39. The molecule has 104 valence electrons. The van der Waals surface area contributed by atoms with Gasteiger partial charge < -0.3 is 5.73 Å². The molecular formula is C16H22ClNO. The molecule has 2 N–H and O–H groups in total. The molecule has 1 fully saturated rings. The Morgan fingerprint density at radius 1 is 1.42 bits per heavy atom. The monoisotopic (exact) mass is 279 g/mol. The summed E-state index contributed by atoms with van der Waals surface area (Å²) in [7, 11) is 0. The number of hydrogen-bond acceptors (Lipinski definition) is 2. The minimum absolute atomic E-state index is 0.282. The van der Waals surface area contributed by atoms with Crippen molar-refractivity contribution in [2.45, 2.75) is 39.0 Å². The first-order chi connectivity index (χ1) is 9.05. The molecule has 0 bridgehead atoms. The topological polar surface area (TPSA) is 43.1 Å². The normalized spacial score (nSPS) is 27.2. The van der Waals surface area contributed by atoms with E-state index in [9.17, 15) is 4.79 Å². The molecular weight excluding hydrogens is 258 g/mol. The summed E-state index contributed by atoms with van der Waals surface area (Å²) in [6, 6.07) is 7.55. The fourth-order valence-electron chi connectivity index (χ4n) is 2.93. The van der Waals surface area contributed by atoms with Gasteiger partial charge >= 0.3 is 0 Å². The van der Waals surface area contributed by atoms with Crippen LogP contribution in [0.2, 0.25) is 5.02 Å². The maximum absolute atomic E-state index is 12.6. The van der Waals surface area contributed by atoms with Crippen LogP contribution in [0.3, 0.4) is 0 Å². The Bertz CT molecular complexity index is 450. The van der Waals surface area contributed by atoms with Gasteiger partial charge in [-0.15, -0.1) is 0 Å². The molecule has 1 saturated carbocycles. The average Bonchev–Trinajstić information content (AvgIpc) is 2.40. The summed E-state index contributed by atoms with van der Waals surface area (Å²) >= 11 is 5.97. The van der Waals surface area contributed by atoms with Crippen LogP contribution >= 0.6 is 11.6 Å². The lowest BCUT2D eigenvalue weighted by atomic mass is 9.67. The third-order valence-corrected chi connectivity index (χ3v) is 4.70. The molecule has 0 amide bonds. The Hall–Kier alpha value is -0.860. The summed E-state index contributed by atoms with van der Waals surface area (Å²) in [4.78, 5) is 12.6. The van der Waals surface area contributed by atoms with Crippen molar-refractivity contribution in [3.05, 3.63) is 34.9 Å². The molecule has 2 nitrogen and oxygen atoms in total. The second-order valence-corrected chi connectivity index (χ2v) is 6.33. The fourth-order valence-corrected chi connectivity index (χ4v) is 3.14. The first kappa shape index (κ1) is 14.5. The van der Waals surface area contributed by atoms with E-state index < -0.39 is 0 Å². The highest BCUT2D eigenvalue weighted by Gasteiger charge is 2.39. The second-order valence-electron chi connectivity index (χ2n) is 5.90. The quantitative estimate of drug-likeness (QED) is 0.915. The number of nitrogens with two attached hydrogens (primary N) is 1. The largest absolute Gasteiger partial charge is 0.329 e. The zero-order valence-corrected chi connectivity index (χ0v) is 12.2. The van der Waals surface area contributed by atoms with Gasteiger partial charge in [-0.25, -0.2) is 0 Å². The summed E-state index contributed by atoms with van der Waals surface area (Å²) in [5.41, 5.74) is 6.61. The Kier molecular flexibility index (Phi) is 4.64. The smallest absolute Gasteiger partial charge is 0.144 e. The molecule has 0 heterocycles. The third kappa shape index (κ3) is 3.37. The van der Waals surface area contributed by atoms with E-state index in [2.05, 4.69) is 6.92 Å². The van der Waals surface area contributed by atoms with Gasteiger partial charge in [0.15, 0.2) is 0 Å². The van der Waals surface area contributed by atoms with Gasteiger partial charge in [-0.1, -0.05) is 30.7 Å². The second kappa shape index (κ2) is 6.06. The predicted octanol–water partition coefficient (Wildman–Crippen LogP) is 3.61. The van der Waals surface area contributed by atoms with Gasteiger partial charge in [-0.3, -0.25) is 4.79 Å². The van der Waals surface area contributed by atoms with Crippen LogP contribution < -0.4 is 5.73 Å². The minimum atomic E-state index is -0.297. The van der Waals surface area contributed by atoms with E-state index in [-0.39, 0.29) is 11.2 Å². The Morgan fingerprint density at radius 3 is 2.68 bits per heavy atom. The Balaban J connectivity index is 2.09. The summed E-state index contributed by atoms with van der Waals surface area (Å²) < 4.78 is 0. The van der Waals surface area contributed by atoms with Crippen LogP contribution in [0.25, 0.3) is 0 Å². The van der Waals surface area contributed by atoms with E-state index in [1.165, 1.54) is 0 Å². The number of rotatable bonds is 4. The number of carbonyl (C=O) groups excluding carboxylic acids is 1. The zero-order chi connectivity index (χ0) is 13.9. The molecule has 0 saturated heterocycles. The van der Waals surface area contributed by atoms with Gasteiger partial charge in [0.25, 0.3) is 0 Å². The standard InChI is InChI=1S/C16H22ClNO/c1-12-5-7-16(11-18,8-6-12)15(19)10-13-3-2-4-14(17)9-13/h2-4,9,12H,5-8,10-11,18H2,1H3. The lowest BCUT2D eigenvalue weighted by Gasteiger charge is -2.37. The number of carbonyl (C=O) groups is 1. The van der Waals surface area contributed by atoms with Crippen molar-refractivity contribution in [3.8, 4) is 0 Å². The van der Waals surface area contributed by atoms with Crippen LogP contribution in [0.4, 0.5) is 0 Å². The highest BCUT2D eigenvalue weighted by molar-refractivity contribution is 6.30. The molecule has 0 aromatic heterocycles. The summed E-state index contributed by atoms with van der Waals surface area (Å²) in [5.74, 6) is 1.00. The molecule has 3 heteroatoms. The summed E-state index contributed by atoms with van der Waals surface area (Å²) in [6.45, 7) is 2.72. The fraction of sp³-hybridized carbons (Fsp3) is 0.562. The molecule has 1 aromatic rings. The van der Waals surface area contributed by atoms with Crippen molar-refractivity contribution in [2.75, 3.05) is 6.54 Å². The van der Waals surface area contributed by atoms with Crippen LogP contribution in [0.5, 0.6) is 0 Å². The molecule has 1 aliphatic rings. The molecule has 0 unspecified atom stereocenters. The lowest BCUT2D eigenvalue weighted by molar-refractivity contribution is -0.129. The van der Waals surface area contributed by atoms with Gasteiger partial charge in [0.05, 0.1) is 0 Å². The molecule has 0 radical (unpaired) electrons. The number of hydrogen-bond donors (Lipinski definition) is 1. The van der Waals surface area contributed by atoms with Crippen LogP contribution in [-0.4, -0.2) is 12.3 Å². The molecule has 2 rings (SSSR count). The van der Waals surface area contributed by atoms with Crippen LogP contribution in [0.1, 0.15) is 38.2 Å². The third-order valence-electron chi connectivity index (χ3n) is 4.47. The summed E-state index contributed by atoms with van der Waals surface area (Å²) in [5, 5.41) is 0.685. The van der Waals surface area contributed by atoms with Gasteiger partial charge in [0, 0.05) is 23.4 Å². The van der Waals surface area contributed by atoms with E-state index in [1.54, 1.807) is 0 Å². The van der Waals surface area contributed by atoms with Crippen LogP contribution in [0.15, 0.2) is 24.3 Å². The zero-order valence-electron chi connectivity index (χ0n) is 11.5. The number of ketones is 1. The van der Waals surface area contributed by atoms with Gasteiger partial charge in [0.2, 0.25) is 0 Å². The van der Waals surface area contributed by atoms with E-state index in [1.807, 2.05) is 24.3 Å². The van der Waals surface area contributed by atoms with Crippen molar-refractivity contribution in [3.63, 3.8) is 0 Å². The first-order valence-electron chi connectivity index (χ1n) is 7.03. The molecule has 0 spiro atoms. The van der Waals surface area contributed by atoms with Crippen molar-refractivity contribution < 1.29 is 4.79 Å². The van der Waals surface area contributed by atoms with Crippen LogP contribution in [-0.2, 0) is 11.2 Å². The van der Waals surface area contributed by atoms with Crippen molar-refractivity contribution in [1.29, 1.82) is 0 Å². The lowest BCUT2D eigenvalue weighted by Crippen LogP contribution is -2.42. The van der Waals surface area contributed by atoms with Crippen LogP contribution in [0, 0.1) is 11.3 Å². The van der Waals surface area contributed by atoms with Gasteiger partial charge in [-0.05, 0) is 49.3 Å². The van der Waals surface area contributed by atoms with E-state index in [0.717, 1.165) is 37.2 Å². The molecule has 1 aromatic carbocycles. The van der Waals surface area contributed by atoms with Gasteiger partial charge in [-0.2, -0.15) is 0 Å². The van der Waals surface area contributed by atoms with Crippen molar-refractivity contribution in [1.82, 2.24) is 0 Å². The molecule has 0 aliphatic heterocycles. The predicted molar refractivity (Wildman–Crippen MR) is 79.3 cm³/mol. The van der Waals surface area contributed by atoms with E-state index in [4.69, 9.17) is 17.3 Å². The number of benzene rings is 1. The molecule has 1 aliphatic carbocycles. The highest BCUT2D eigenvalue weighted by atomic mass is 35.5. The molecule has 19 heavy (non-hydrogen) atoms. The Morgan fingerprint density at radius 2 is 2.11 bits per heavy atom. The maximum Gasteiger partial charge on any atom is 0.144 e. The average molecular weight is 280 g/mol. The minimum Gasteiger partial charge on any atom is -0.329 e. The van der Waals surface area contributed by atoms with Crippen molar-refractivity contribution in [2.24, 2.45) is 17.1 Å². The Labute approximate surface area is 120 Å². The molecule has 0 atom stereocenters. The van der Waals surface area contributed by atoms with E-state index in [0.29, 0.717) is 18.0 Å². The van der Waals surface area contributed by atoms with E-state index >= 15 is 0 Å². The van der Waals surface area contributed by atoms with Crippen molar-refractivity contribution >= 4 is 17.4 Å². The summed E-state index contributed by atoms with van der Waals surface area (Å²) in [6.07, 6.45) is 4.54. The maximum atomic E-state index is 12.6. The number of halogens is 1. The number of Topliss-reactive ketones (excluding diaryl/α,β-unsaturated/α-hetero) is 1. The first-order valence-corrected chi connectivity index (χ1v) is 7.41.